The van der Waals surface area contributed by atoms with Crippen LogP contribution in [0.5, 0.6) is 11.5 Å². The second-order valence-corrected chi connectivity index (χ2v) is 22.7. The van der Waals surface area contributed by atoms with Crippen molar-refractivity contribution in [3.05, 3.63) is 72.8 Å². The molecule has 0 spiro atoms. The zero-order valence-electron chi connectivity index (χ0n) is 40.8. The van der Waals surface area contributed by atoms with Gasteiger partial charge in [-0.1, -0.05) is 36.4 Å². The molecule has 388 valence electrons. The van der Waals surface area contributed by atoms with E-state index in [0.29, 0.717) is 21.8 Å². The highest BCUT2D eigenvalue weighted by Gasteiger charge is 2.40. The molecule has 0 N–H and O–H groups in total. The number of fused-ring (bicyclic) bond motifs is 2. The molecule has 0 radical (unpaired) electrons. The average molecular weight is 1060 g/mol. The second kappa shape index (κ2) is 27.7. The van der Waals surface area contributed by atoms with Gasteiger partial charge in [-0.15, -0.1) is 0 Å². The standard InChI is InChI=1S/2C17H19O3S.C16H22F2N4O7S/c2*1-19-17(18)12-20-15-8-9-16(21-10-4-5-11-21)14-7-3-2-6-13(14)15;1-4-28-12(23)5-7-14(2,9-19)21-22-15(3,10-20)8-6-13(24)29-11-16(17,18)30(25,26)27/h2*2-3,6-9H,4-5,10-12H2,1H3;4-8,11H2,1-3H3,(H,25,26,27)/q2*+1;/p-1. The highest BCUT2D eigenvalue weighted by Crippen LogP contribution is 2.36. The van der Waals surface area contributed by atoms with Gasteiger partial charge >= 0.3 is 29.1 Å². The number of benzene rings is 4. The number of carbonyl (C=O) groups excluding carboxylic acids is 4. The van der Waals surface area contributed by atoms with E-state index in [4.69, 9.17) is 14.2 Å². The predicted octanol–water partition coefficient (Wildman–Crippen LogP) is 8.13. The fraction of sp³-hybridized carbons (Fsp3) is 0.480. The number of azo groups is 1. The summed E-state index contributed by atoms with van der Waals surface area (Å²) in [5.41, 5.74) is -3.11. The lowest BCUT2D eigenvalue weighted by Gasteiger charge is -2.20. The van der Waals surface area contributed by atoms with Gasteiger partial charge in [0.1, 0.15) is 34.5 Å². The van der Waals surface area contributed by atoms with E-state index in [-0.39, 0.29) is 51.0 Å². The number of hydrogen-bond acceptors (Lipinski definition) is 17. The molecule has 2 aliphatic heterocycles. The fourth-order valence-electron chi connectivity index (χ4n) is 7.09. The summed E-state index contributed by atoms with van der Waals surface area (Å²) in [7, 11) is -2.53. The number of ether oxygens (including phenoxy) is 6. The Hall–Kier alpha value is -6.07. The molecular weight excluding hydrogens is 999 g/mol. The highest BCUT2D eigenvalue weighted by atomic mass is 32.2. The third-order valence-corrected chi connectivity index (χ3v) is 17.1. The van der Waals surface area contributed by atoms with Crippen LogP contribution in [-0.2, 0) is 70.0 Å². The topological polar surface area (TPSA) is 253 Å². The molecule has 2 atom stereocenters. The predicted molar refractivity (Wildman–Crippen MR) is 266 cm³/mol. The Morgan fingerprint density at radius 3 is 1.36 bits per heavy atom. The van der Waals surface area contributed by atoms with Crippen LogP contribution >= 0.6 is 0 Å². The molecular formula is C50H59F2N4O13S3+. The number of rotatable bonds is 20. The maximum Gasteiger partial charge on any atom is 0.367 e. The Balaban J connectivity index is 0.000000239. The number of halogens is 2. The quantitative estimate of drug-likeness (QED) is 0.0266. The van der Waals surface area contributed by atoms with Crippen LogP contribution in [0.25, 0.3) is 21.5 Å². The van der Waals surface area contributed by atoms with Gasteiger partial charge in [-0.3, -0.25) is 9.59 Å². The van der Waals surface area contributed by atoms with Crippen molar-refractivity contribution in [2.75, 3.05) is 63.7 Å². The number of nitrogens with zero attached hydrogens (tertiary/aromatic N) is 4. The maximum absolute atomic E-state index is 13.0. The van der Waals surface area contributed by atoms with E-state index in [9.17, 15) is 51.5 Å². The van der Waals surface area contributed by atoms with Crippen molar-refractivity contribution in [1.29, 1.82) is 10.5 Å². The van der Waals surface area contributed by atoms with Crippen molar-refractivity contribution < 1.29 is 69.4 Å². The Kier molecular flexibility index (Phi) is 22.5. The van der Waals surface area contributed by atoms with Gasteiger partial charge < -0.3 is 33.0 Å². The van der Waals surface area contributed by atoms with Crippen molar-refractivity contribution >= 4 is 77.3 Å². The summed E-state index contributed by atoms with van der Waals surface area (Å²) in [6.07, 6.45) is 4.18. The van der Waals surface area contributed by atoms with Crippen LogP contribution in [0, 0.1) is 22.7 Å². The van der Waals surface area contributed by atoms with Crippen LogP contribution in [0.2, 0.25) is 0 Å². The summed E-state index contributed by atoms with van der Waals surface area (Å²) in [4.78, 5) is 48.3. The number of nitriles is 2. The first-order valence-corrected chi connectivity index (χ1v) is 27.4. The third-order valence-electron chi connectivity index (χ3n) is 11.2. The molecule has 0 bridgehead atoms. The van der Waals surface area contributed by atoms with Crippen molar-refractivity contribution in [1.82, 2.24) is 0 Å². The van der Waals surface area contributed by atoms with Crippen LogP contribution in [0.3, 0.4) is 0 Å². The normalized spacial score (nSPS) is 15.6. The molecule has 0 aliphatic carbocycles. The van der Waals surface area contributed by atoms with E-state index in [0.717, 1.165) is 22.3 Å². The Labute approximate surface area is 424 Å². The lowest BCUT2D eigenvalue weighted by Crippen LogP contribution is -2.35. The zero-order valence-corrected chi connectivity index (χ0v) is 43.3. The number of methoxy groups -OCH3 is 2. The summed E-state index contributed by atoms with van der Waals surface area (Å²) in [6, 6.07) is 28.5. The number of esters is 4. The molecule has 72 heavy (non-hydrogen) atoms. The van der Waals surface area contributed by atoms with Crippen LogP contribution < -0.4 is 9.47 Å². The summed E-state index contributed by atoms with van der Waals surface area (Å²) in [5, 5.41) is 26.0. The molecule has 2 unspecified atom stereocenters. The fourth-order valence-corrected chi connectivity index (χ4v) is 12.3. The molecule has 4 aromatic rings. The summed E-state index contributed by atoms with van der Waals surface area (Å²) in [5.74, 6) is 4.14. The summed E-state index contributed by atoms with van der Waals surface area (Å²) in [6.45, 7) is 2.35. The SMILES string of the molecule is CCOC(=O)CCC(C)(C#N)N=NC(C)(C#N)CCC(=O)OCC(F)(F)S(=O)(=O)[O-].COC(=O)COc1ccc([S+]2CCCC2)c2ccccc12.COC(=O)COc1ccc([S+]2CCCC2)c2ccccc12. The number of carbonyl (C=O) groups is 4. The van der Waals surface area contributed by atoms with Gasteiger partial charge in [0.2, 0.25) is 0 Å². The second-order valence-electron chi connectivity index (χ2n) is 16.7. The highest BCUT2D eigenvalue weighted by molar-refractivity contribution is 7.97. The van der Waals surface area contributed by atoms with Gasteiger partial charge in [0.25, 0.3) is 0 Å². The smallest absolute Gasteiger partial charge is 0.367 e. The lowest BCUT2D eigenvalue weighted by atomic mass is 9.97. The van der Waals surface area contributed by atoms with Gasteiger partial charge in [-0.25, -0.2) is 18.0 Å². The minimum absolute atomic E-state index is 0.0475. The minimum atomic E-state index is -6.00. The Morgan fingerprint density at radius 2 is 1.01 bits per heavy atom. The van der Waals surface area contributed by atoms with E-state index in [2.05, 4.69) is 73.0 Å². The first-order chi connectivity index (χ1) is 34.2. The first kappa shape index (κ1) is 58.5. The van der Waals surface area contributed by atoms with Crippen molar-refractivity contribution in [2.45, 2.75) is 98.3 Å². The Bertz CT molecular complexity index is 2620. The van der Waals surface area contributed by atoms with Crippen LogP contribution in [-0.4, -0.2) is 117 Å². The van der Waals surface area contributed by atoms with Gasteiger partial charge in [-0.05, 0) is 95.7 Å². The van der Waals surface area contributed by atoms with E-state index in [1.807, 2.05) is 30.3 Å². The minimum Gasteiger partial charge on any atom is -0.743 e. The van der Waals surface area contributed by atoms with Crippen molar-refractivity contribution in [2.24, 2.45) is 10.2 Å². The molecule has 4 aromatic carbocycles. The summed E-state index contributed by atoms with van der Waals surface area (Å²) < 4.78 is 86.3. The van der Waals surface area contributed by atoms with E-state index < -0.39 is 51.4 Å². The largest absolute Gasteiger partial charge is 0.743 e. The van der Waals surface area contributed by atoms with Crippen molar-refractivity contribution in [3.63, 3.8) is 0 Å². The molecule has 0 aromatic heterocycles. The van der Waals surface area contributed by atoms with Crippen molar-refractivity contribution in [3.8, 4) is 23.6 Å². The van der Waals surface area contributed by atoms with E-state index in [1.165, 1.54) is 97.3 Å². The van der Waals surface area contributed by atoms with Crippen LogP contribution in [0.1, 0.15) is 72.1 Å². The lowest BCUT2D eigenvalue weighted by molar-refractivity contribution is -0.150. The third kappa shape index (κ3) is 17.3. The molecule has 22 heteroatoms. The molecule has 0 saturated carbocycles. The van der Waals surface area contributed by atoms with Gasteiger partial charge in [-0.2, -0.15) is 29.5 Å². The van der Waals surface area contributed by atoms with Crippen LogP contribution in [0.4, 0.5) is 8.78 Å². The average Bonchev–Trinajstić information content (AvgIpc) is 4.14. The van der Waals surface area contributed by atoms with Gasteiger partial charge in [0, 0.05) is 56.2 Å². The van der Waals surface area contributed by atoms with E-state index >= 15 is 0 Å². The molecule has 2 fully saturated rings. The first-order valence-electron chi connectivity index (χ1n) is 22.9. The monoisotopic (exact) mass is 1060 g/mol. The van der Waals surface area contributed by atoms with Crippen LogP contribution in [0.15, 0.2) is 92.8 Å². The van der Waals surface area contributed by atoms with Gasteiger partial charge in [0.15, 0.2) is 50.8 Å². The van der Waals surface area contributed by atoms with Gasteiger partial charge in [0.05, 0.1) is 33.0 Å². The summed E-state index contributed by atoms with van der Waals surface area (Å²) >= 11 is 0. The molecule has 2 saturated heterocycles. The van der Waals surface area contributed by atoms with E-state index in [1.54, 1.807) is 13.0 Å². The molecule has 6 rings (SSSR count). The number of alkyl halides is 2. The Morgan fingerprint density at radius 1 is 0.639 bits per heavy atom. The number of hydrogen-bond donors (Lipinski definition) is 0. The molecule has 2 heterocycles. The molecule has 2 aliphatic rings. The molecule has 0 amide bonds. The molecule has 17 nitrogen and oxygen atoms in total. The maximum atomic E-state index is 13.0. The zero-order chi connectivity index (χ0) is 53.0.